The first-order chi connectivity index (χ1) is 18.2. The smallest absolute Gasteiger partial charge is 0.368 e. The summed E-state index contributed by atoms with van der Waals surface area (Å²) in [5.41, 5.74) is 3.59. The van der Waals surface area contributed by atoms with Crippen LogP contribution in [0.15, 0.2) is 66.9 Å². The minimum absolute atomic E-state index is 0.0502. The van der Waals surface area contributed by atoms with Crippen molar-refractivity contribution in [1.29, 1.82) is 5.41 Å². The van der Waals surface area contributed by atoms with E-state index in [9.17, 15) is 13.2 Å². The molecule has 0 radical (unpaired) electrons. The maximum Gasteiger partial charge on any atom is 0.418 e. The van der Waals surface area contributed by atoms with E-state index in [1.54, 1.807) is 33.3 Å². The number of nitrogens with zero attached hydrogens (tertiary/aromatic N) is 4. The summed E-state index contributed by atoms with van der Waals surface area (Å²) in [6.07, 6.45) is -2.89. The molecule has 0 atom stereocenters. The van der Waals surface area contributed by atoms with E-state index in [0.717, 1.165) is 22.6 Å². The van der Waals surface area contributed by atoms with Gasteiger partial charge in [0.1, 0.15) is 0 Å². The highest BCUT2D eigenvalue weighted by molar-refractivity contribution is 6.30. The van der Waals surface area contributed by atoms with Crippen molar-refractivity contribution in [2.45, 2.75) is 6.18 Å². The van der Waals surface area contributed by atoms with Gasteiger partial charge in [-0.25, -0.2) is 0 Å². The van der Waals surface area contributed by atoms with Gasteiger partial charge in [-0.1, -0.05) is 29.8 Å². The van der Waals surface area contributed by atoms with Crippen LogP contribution in [0.3, 0.4) is 0 Å². The normalized spacial score (nSPS) is 14.5. The van der Waals surface area contributed by atoms with Gasteiger partial charge in [-0.3, -0.25) is 15.0 Å². The van der Waals surface area contributed by atoms with Crippen LogP contribution in [-0.4, -0.2) is 40.3 Å². The topological polar surface area (TPSA) is 61.9 Å². The molecule has 10 heteroatoms. The number of pyridine rings is 1. The van der Waals surface area contributed by atoms with Gasteiger partial charge < -0.3 is 14.8 Å². The van der Waals surface area contributed by atoms with E-state index in [1.807, 2.05) is 42.5 Å². The predicted molar refractivity (Wildman–Crippen MR) is 144 cm³/mol. The molecule has 1 aliphatic heterocycles. The summed E-state index contributed by atoms with van der Waals surface area (Å²) in [5.74, 6) is 0. The molecule has 38 heavy (non-hydrogen) atoms. The lowest BCUT2D eigenvalue weighted by molar-refractivity contribution is -0.137. The molecule has 0 aliphatic carbocycles. The first kappa shape index (κ1) is 24.5. The molecule has 1 fully saturated rings. The van der Waals surface area contributed by atoms with E-state index in [1.165, 1.54) is 6.07 Å². The van der Waals surface area contributed by atoms with Gasteiger partial charge in [0.2, 0.25) is 5.62 Å². The van der Waals surface area contributed by atoms with E-state index in [2.05, 4.69) is 10.3 Å². The lowest BCUT2D eigenvalue weighted by Gasteiger charge is -2.31. The van der Waals surface area contributed by atoms with Crippen LogP contribution in [0.1, 0.15) is 5.56 Å². The Morgan fingerprint density at radius 2 is 1.66 bits per heavy atom. The Balaban J connectivity index is 1.60. The number of fused-ring (bicyclic) bond motifs is 3. The number of hydrogen-bond donors (Lipinski definition) is 2. The van der Waals surface area contributed by atoms with Crippen LogP contribution in [0, 0.1) is 5.41 Å². The Bertz CT molecular complexity index is 1730. The molecule has 5 aromatic rings. The third-order valence-corrected chi connectivity index (χ3v) is 7.37. The van der Waals surface area contributed by atoms with Crippen LogP contribution in [-0.2, 0) is 13.2 Å². The second-order valence-electron chi connectivity index (χ2n) is 9.39. The van der Waals surface area contributed by atoms with Crippen LogP contribution >= 0.6 is 11.6 Å². The fourth-order valence-electron chi connectivity index (χ4n) is 5.16. The number of imidazole rings is 1. The largest absolute Gasteiger partial charge is 0.418 e. The van der Waals surface area contributed by atoms with Gasteiger partial charge in [0.15, 0.2) is 0 Å². The fourth-order valence-corrected chi connectivity index (χ4v) is 5.29. The van der Waals surface area contributed by atoms with Gasteiger partial charge in [0, 0.05) is 55.0 Å². The number of alkyl halides is 3. The molecular formula is C28H24ClF3N6. The number of halogens is 4. The molecule has 3 heterocycles. The van der Waals surface area contributed by atoms with Gasteiger partial charge >= 0.3 is 6.18 Å². The number of aromatic nitrogens is 3. The van der Waals surface area contributed by atoms with Gasteiger partial charge in [-0.15, -0.1) is 0 Å². The summed E-state index contributed by atoms with van der Waals surface area (Å²) in [4.78, 5) is 6.33. The van der Waals surface area contributed by atoms with E-state index >= 15 is 0 Å². The van der Waals surface area contributed by atoms with Crippen LogP contribution < -0.4 is 15.8 Å². The summed E-state index contributed by atoms with van der Waals surface area (Å²) in [7, 11) is 1.72. The quantitative estimate of drug-likeness (QED) is 0.309. The molecule has 2 N–H and O–H groups in total. The third kappa shape index (κ3) is 4.12. The molecule has 0 amide bonds. The molecular weight excluding hydrogens is 513 g/mol. The summed E-state index contributed by atoms with van der Waals surface area (Å²) in [6.45, 7) is 2.25. The van der Waals surface area contributed by atoms with Crippen LogP contribution in [0.4, 0.5) is 18.9 Å². The Morgan fingerprint density at radius 1 is 0.947 bits per heavy atom. The van der Waals surface area contributed by atoms with Crippen LogP contribution in [0.2, 0.25) is 5.02 Å². The number of hydrogen-bond acceptors (Lipinski definition) is 4. The Labute approximate surface area is 221 Å². The van der Waals surface area contributed by atoms with Gasteiger partial charge in [-0.05, 0) is 53.6 Å². The lowest BCUT2D eigenvalue weighted by Crippen LogP contribution is -2.44. The van der Waals surface area contributed by atoms with Crippen LogP contribution in [0.5, 0.6) is 0 Å². The summed E-state index contributed by atoms with van der Waals surface area (Å²) in [6, 6.07) is 17.6. The van der Waals surface area contributed by atoms with E-state index in [-0.39, 0.29) is 17.0 Å². The van der Waals surface area contributed by atoms with Crippen molar-refractivity contribution in [1.82, 2.24) is 19.4 Å². The van der Waals surface area contributed by atoms with Crippen molar-refractivity contribution in [2.75, 3.05) is 31.1 Å². The molecule has 1 saturated heterocycles. The van der Waals surface area contributed by atoms with Crippen molar-refractivity contribution in [3.8, 4) is 16.8 Å². The second kappa shape index (κ2) is 9.18. The number of piperazine rings is 1. The second-order valence-corrected chi connectivity index (χ2v) is 9.82. The Morgan fingerprint density at radius 3 is 2.37 bits per heavy atom. The zero-order valence-corrected chi connectivity index (χ0v) is 21.2. The fraction of sp³-hybridized carbons (Fsp3) is 0.214. The van der Waals surface area contributed by atoms with E-state index in [4.69, 9.17) is 17.0 Å². The van der Waals surface area contributed by atoms with Gasteiger partial charge in [0.25, 0.3) is 0 Å². The Kier molecular flexibility index (Phi) is 5.92. The number of anilines is 1. The van der Waals surface area contributed by atoms with E-state index in [0.29, 0.717) is 47.8 Å². The molecule has 6 nitrogen and oxygen atoms in total. The van der Waals surface area contributed by atoms with Crippen molar-refractivity contribution in [2.24, 2.45) is 7.05 Å². The zero-order chi connectivity index (χ0) is 26.6. The molecule has 3 aromatic carbocycles. The van der Waals surface area contributed by atoms with Crippen molar-refractivity contribution < 1.29 is 13.2 Å². The summed E-state index contributed by atoms with van der Waals surface area (Å²) < 4.78 is 46.2. The van der Waals surface area contributed by atoms with Crippen LogP contribution in [0.25, 0.3) is 38.8 Å². The highest BCUT2D eigenvalue weighted by Crippen LogP contribution is 2.39. The average molecular weight is 537 g/mol. The number of benzene rings is 3. The SMILES string of the molecule is Cn1c(=N)n(-c2ccc(N3CCNCC3)c(C(F)(F)F)c2)c2c3cc(-c4ccc(Cl)cc4)ccc3ncc21. The summed E-state index contributed by atoms with van der Waals surface area (Å²) >= 11 is 6.06. The molecule has 194 valence electrons. The first-order valence-corrected chi connectivity index (χ1v) is 12.6. The van der Waals surface area contributed by atoms with Crippen molar-refractivity contribution >= 4 is 39.2 Å². The van der Waals surface area contributed by atoms with Crippen molar-refractivity contribution in [3.05, 3.63) is 83.1 Å². The summed E-state index contributed by atoms with van der Waals surface area (Å²) in [5, 5.41) is 13.4. The zero-order valence-electron chi connectivity index (χ0n) is 20.5. The maximum atomic E-state index is 14.3. The first-order valence-electron chi connectivity index (χ1n) is 12.2. The number of aryl methyl sites for hydroxylation is 1. The minimum Gasteiger partial charge on any atom is -0.368 e. The molecule has 0 unspecified atom stereocenters. The monoisotopic (exact) mass is 536 g/mol. The molecule has 0 spiro atoms. The van der Waals surface area contributed by atoms with E-state index < -0.39 is 11.7 Å². The molecule has 0 bridgehead atoms. The highest BCUT2D eigenvalue weighted by Gasteiger charge is 2.36. The maximum absolute atomic E-state index is 14.3. The third-order valence-electron chi connectivity index (χ3n) is 7.11. The predicted octanol–water partition coefficient (Wildman–Crippen LogP) is 5.75. The molecule has 0 saturated carbocycles. The van der Waals surface area contributed by atoms with Gasteiger partial charge in [-0.2, -0.15) is 13.2 Å². The molecule has 2 aromatic heterocycles. The standard InChI is InChI=1S/C28H24ClF3N6/c1-36-25-16-35-23-8-4-18(17-2-5-19(29)6-3-17)14-21(23)26(25)38(27(36)33)20-7-9-24(22(15-20)28(30,31)32)37-12-10-34-11-13-37/h2-9,14-16,33-34H,10-13H2,1H3. The highest BCUT2D eigenvalue weighted by atomic mass is 35.5. The minimum atomic E-state index is -4.55. The average Bonchev–Trinajstić information content (AvgIpc) is 3.18. The van der Waals surface area contributed by atoms with Crippen molar-refractivity contribution in [3.63, 3.8) is 0 Å². The lowest BCUT2D eigenvalue weighted by atomic mass is 10.0. The Hall–Kier alpha value is -3.82. The van der Waals surface area contributed by atoms with Gasteiger partial charge in [0.05, 0.1) is 28.3 Å². The number of nitrogens with one attached hydrogen (secondary N) is 2. The number of rotatable bonds is 3. The molecule has 6 rings (SSSR count). The molecule has 1 aliphatic rings.